The summed E-state index contributed by atoms with van der Waals surface area (Å²) >= 11 is 0. The van der Waals surface area contributed by atoms with Crippen molar-refractivity contribution >= 4 is 11.6 Å². The van der Waals surface area contributed by atoms with Gasteiger partial charge in [0, 0.05) is 23.9 Å². The van der Waals surface area contributed by atoms with Crippen molar-refractivity contribution in [3.8, 4) is 28.5 Å². The summed E-state index contributed by atoms with van der Waals surface area (Å²) in [7, 11) is 1.63. The summed E-state index contributed by atoms with van der Waals surface area (Å²) in [4.78, 5) is 12.7. The molecular formula is C21H21N3O4. The fourth-order valence-electron chi connectivity index (χ4n) is 3.08. The maximum absolute atomic E-state index is 12.7. The number of carbonyl (C=O) groups is 1. The zero-order chi connectivity index (χ0) is 19.5. The molecule has 0 fully saturated rings. The number of nitrogens with one attached hydrogen (secondary N) is 1. The molecule has 4 rings (SSSR count). The molecule has 28 heavy (non-hydrogen) atoms. The molecule has 0 spiro atoms. The summed E-state index contributed by atoms with van der Waals surface area (Å²) in [5, 5.41) is 7.32. The van der Waals surface area contributed by atoms with Gasteiger partial charge in [0.25, 0.3) is 5.91 Å². The highest BCUT2D eigenvalue weighted by atomic mass is 16.6. The minimum atomic E-state index is -0.279. The first kappa shape index (κ1) is 17.9. The zero-order valence-electron chi connectivity index (χ0n) is 15.8. The summed E-state index contributed by atoms with van der Waals surface area (Å²) in [5.41, 5.74) is 2.82. The van der Waals surface area contributed by atoms with Gasteiger partial charge in [-0.3, -0.25) is 9.48 Å². The van der Waals surface area contributed by atoms with E-state index in [4.69, 9.17) is 14.2 Å². The lowest BCUT2D eigenvalue weighted by molar-refractivity contribution is 0.102. The SMILES string of the molecule is CCn1nc(C(=O)Nc2ccc3c(c2)OCCO3)cc1-c1ccc(OC)cc1. The van der Waals surface area contributed by atoms with E-state index in [1.807, 2.05) is 31.2 Å². The molecule has 0 unspecified atom stereocenters. The molecule has 144 valence electrons. The van der Waals surface area contributed by atoms with Gasteiger partial charge in [0.15, 0.2) is 17.2 Å². The van der Waals surface area contributed by atoms with Gasteiger partial charge in [0.1, 0.15) is 19.0 Å². The number of anilines is 1. The Hall–Kier alpha value is -3.48. The van der Waals surface area contributed by atoms with Crippen molar-refractivity contribution in [3.63, 3.8) is 0 Å². The van der Waals surface area contributed by atoms with Gasteiger partial charge in [-0.1, -0.05) is 0 Å². The number of fused-ring (bicyclic) bond motifs is 1. The lowest BCUT2D eigenvalue weighted by Crippen LogP contribution is -2.16. The number of hydrogen-bond donors (Lipinski definition) is 1. The summed E-state index contributed by atoms with van der Waals surface area (Å²) in [5.74, 6) is 1.81. The van der Waals surface area contributed by atoms with E-state index in [9.17, 15) is 4.79 Å². The van der Waals surface area contributed by atoms with Crippen LogP contribution in [-0.4, -0.2) is 36.0 Å². The van der Waals surface area contributed by atoms with E-state index in [1.165, 1.54) is 0 Å². The van der Waals surface area contributed by atoms with E-state index >= 15 is 0 Å². The first-order chi connectivity index (χ1) is 13.7. The minimum Gasteiger partial charge on any atom is -0.497 e. The highest BCUT2D eigenvalue weighted by Gasteiger charge is 2.17. The Morgan fingerprint density at radius 3 is 2.57 bits per heavy atom. The molecular weight excluding hydrogens is 358 g/mol. The number of amides is 1. The largest absolute Gasteiger partial charge is 0.497 e. The Labute approximate surface area is 162 Å². The maximum Gasteiger partial charge on any atom is 0.276 e. The van der Waals surface area contributed by atoms with E-state index < -0.39 is 0 Å². The number of nitrogens with zero attached hydrogens (tertiary/aromatic N) is 2. The topological polar surface area (TPSA) is 74.6 Å². The normalized spacial score (nSPS) is 12.5. The van der Waals surface area contributed by atoms with Gasteiger partial charge >= 0.3 is 0 Å². The summed E-state index contributed by atoms with van der Waals surface area (Å²) < 4.78 is 18.1. The van der Waals surface area contributed by atoms with Crippen LogP contribution in [0.1, 0.15) is 17.4 Å². The second-order valence-corrected chi connectivity index (χ2v) is 6.27. The fourth-order valence-corrected chi connectivity index (χ4v) is 3.08. The van der Waals surface area contributed by atoms with Crippen LogP contribution in [-0.2, 0) is 6.54 Å². The van der Waals surface area contributed by atoms with Crippen LogP contribution in [0.15, 0.2) is 48.5 Å². The van der Waals surface area contributed by atoms with E-state index in [2.05, 4.69) is 10.4 Å². The van der Waals surface area contributed by atoms with Gasteiger partial charge in [0.2, 0.25) is 0 Å². The number of aryl methyl sites for hydroxylation is 1. The van der Waals surface area contributed by atoms with Crippen LogP contribution in [0.4, 0.5) is 5.69 Å². The summed E-state index contributed by atoms with van der Waals surface area (Å²) in [6.07, 6.45) is 0. The van der Waals surface area contributed by atoms with Gasteiger partial charge in [-0.05, 0) is 49.4 Å². The molecule has 0 aliphatic carbocycles. The van der Waals surface area contributed by atoms with Gasteiger partial charge in [-0.15, -0.1) is 0 Å². The van der Waals surface area contributed by atoms with Gasteiger partial charge < -0.3 is 19.5 Å². The third-order valence-electron chi connectivity index (χ3n) is 4.50. The summed E-state index contributed by atoms with van der Waals surface area (Å²) in [6.45, 7) is 3.67. The molecule has 7 heteroatoms. The van der Waals surface area contributed by atoms with Crippen LogP contribution in [0, 0.1) is 0 Å². The van der Waals surface area contributed by atoms with Crippen molar-refractivity contribution in [1.29, 1.82) is 0 Å². The predicted molar refractivity (Wildman–Crippen MR) is 105 cm³/mol. The molecule has 2 aromatic carbocycles. The lowest BCUT2D eigenvalue weighted by atomic mass is 10.1. The van der Waals surface area contributed by atoms with Crippen molar-refractivity contribution in [1.82, 2.24) is 9.78 Å². The fraction of sp³-hybridized carbons (Fsp3) is 0.238. The highest BCUT2D eigenvalue weighted by molar-refractivity contribution is 6.03. The molecule has 0 radical (unpaired) electrons. The van der Waals surface area contributed by atoms with Crippen molar-refractivity contribution in [3.05, 3.63) is 54.2 Å². The molecule has 1 amide bonds. The first-order valence-corrected chi connectivity index (χ1v) is 9.11. The van der Waals surface area contributed by atoms with Crippen molar-refractivity contribution in [2.24, 2.45) is 0 Å². The third kappa shape index (κ3) is 3.51. The average molecular weight is 379 g/mol. The highest BCUT2D eigenvalue weighted by Crippen LogP contribution is 2.32. The minimum absolute atomic E-state index is 0.279. The zero-order valence-corrected chi connectivity index (χ0v) is 15.8. The molecule has 2 heterocycles. The Kier molecular flexibility index (Phi) is 4.89. The number of aromatic nitrogens is 2. The number of hydrogen-bond acceptors (Lipinski definition) is 5. The Balaban J connectivity index is 1.57. The number of ether oxygens (including phenoxy) is 3. The predicted octanol–water partition coefficient (Wildman–Crippen LogP) is 3.60. The van der Waals surface area contributed by atoms with Gasteiger partial charge in [-0.25, -0.2) is 0 Å². The van der Waals surface area contributed by atoms with Crippen LogP contribution in [0.25, 0.3) is 11.3 Å². The van der Waals surface area contributed by atoms with E-state index in [0.717, 1.165) is 17.0 Å². The van der Waals surface area contributed by atoms with Crippen LogP contribution in [0.2, 0.25) is 0 Å². The number of carbonyl (C=O) groups excluding carboxylic acids is 1. The quantitative estimate of drug-likeness (QED) is 0.733. The van der Waals surface area contributed by atoms with E-state index in [0.29, 0.717) is 42.6 Å². The standard InChI is InChI=1S/C21H21N3O4/c1-3-24-18(14-4-7-16(26-2)8-5-14)13-17(23-24)21(25)22-15-6-9-19-20(12-15)28-11-10-27-19/h4-9,12-13H,3,10-11H2,1-2H3,(H,22,25). The molecule has 1 N–H and O–H groups in total. The third-order valence-corrected chi connectivity index (χ3v) is 4.50. The van der Waals surface area contributed by atoms with E-state index in [1.54, 1.807) is 36.1 Å². The number of methoxy groups -OCH3 is 1. The molecule has 0 saturated carbocycles. The van der Waals surface area contributed by atoms with Crippen LogP contribution < -0.4 is 19.5 Å². The molecule has 7 nitrogen and oxygen atoms in total. The Bertz CT molecular complexity index is 995. The molecule has 0 saturated heterocycles. The molecule has 1 aromatic heterocycles. The number of benzene rings is 2. The smallest absolute Gasteiger partial charge is 0.276 e. The average Bonchev–Trinajstić information content (AvgIpc) is 3.18. The second kappa shape index (κ2) is 7.64. The maximum atomic E-state index is 12.7. The Morgan fingerprint density at radius 2 is 1.86 bits per heavy atom. The Morgan fingerprint density at radius 1 is 1.11 bits per heavy atom. The van der Waals surface area contributed by atoms with Gasteiger partial charge in [-0.2, -0.15) is 5.10 Å². The van der Waals surface area contributed by atoms with Crippen LogP contribution in [0.3, 0.4) is 0 Å². The van der Waals surface area contributed by atoms with Crippen LogP contribution >= 0.6 is 0 Å². The molecule has 0 atom stereocenters. The second-order valence-electron chi connectivity index (χ2n) is 6.27. The van der Waals surface area contributed by atoms with Gasteiger partial charge in [0.05, 0.1) is 12.8 Å². The van der Waals surface area contributed by atoms with Crippen molar-refractivity contribution in [2.45, 2.75) is 13.5 Å². The number of rotatable bonds is 5. The molecule has 0 bridgehead atoms. The monoisotopic (exact) mass is 379 g/mol. The molecule has 1 aliphatic rings. The first-order valence-electron chi connectivity index (χ1n) is 9.11. The molecule has 1 aliphatic heterocycles. The van der Waals surface area contributed by atoms with Crippen molar-refractivity contribution < 1.29 is 19.0 Å². The van der Waals surface area contributed by atoms with E-state index in [-0.39, 0.29) is 5.91 Å². The lowest BCUT2D eigenvalue weighted by Gasteiger charge is -2.18. The van der Waals surface area contributed by atoms with Crippen molar-refractivity contribution in [2.75, 3.05) is 25.6 Å². The molecule has 3 aromatic rings. The van der Waals surface area contributed by atoms with Crippen LogP contribution in [0.5, 0.6) is 17.2 Å². The summed E-state index contributed by atoms with van der Waals surface area (Å²) in [6, 6.07) is 14.8.